The Hall–Kier alpha value is -1.20. The van der Waals surface area contributed by atoms with Crippen LogP contribution in [-0.4, -0.2) is 16.7 Å². The molecule has 2 aromatic rings. The summed E-state index contributed by atoms with van der Waals surface area (Å²) in [5.41, 5.74) is 6.68. The van der Waals surface area contributed by atoms with Crippen molar-refractivity contribution in [3.8, 4) is 10.8 Å². The zero-order chi connectivity index (χ0) is 10.8. The van der Waals surface area contributed by atoms with Crippen LogP contribution in [0.3, 0.4) is 0 Å². The molecule has 0 fully saturated rings. The largest absolute Gasteiger partial charge is 0.333 e. The van der Waals surface area contributed by atoms with Gasteiger partial charge in [0.25, 0.3) is 5.89 Å². The molecule has 2 N–H and O–H groups in total. The first-order chi connectivity index (χ1) is 7.20. The van der Waals surface area contributed by atoms with E-state index < -0.39 is 0 Å². The maximum atomic E-state index is 5.42. The van der Waals surface area contributed by atoms with Crippen LogP contribution in [-0.2, 0) is 6.42 Å². The highest BCUT2D eigenvalue weighted by Gasteiger charge is 2.11. The lowest BCUT2D eigenvalue weighted by molar-refractivity contribution is 0.423. The summed E-state index contributed by atoms with van der Waals surface area (Å²) in [5.74, 6) is 1.27. The monoisotopic (exact) mass is 223 g/mol. The molecule has 0 aliphatic heterocycles. The summed E-state index contributed by atoms with van der Waals surface area (Å²) in [6.45, 7) is 4.70. The Morgan fingerprint density at radius 1 is 1.47 bits per heavy atom. The molecule has 5 heteroatoms. The summed E-state index contributed by atoms with van der Waals surface area (Å²) >= 11 is 1.67. The van der Waals surface area contributed by atoms with Crippen molar-refractivity contribution in [2.75, 3.05) is 6.54 Å². The molecule has 0 saturated carbocycles. The Kier molecular flexibility index (Phi) is 2.83. The Morgan fingerprint density at radius 3 is 2.87 bits per heavy atom. The molecule has 0 aliphatic carbocycles. The van der Waals surface area contributed by atoms with Crippen LogP contribution in [0.15, 0.2) is 10.6 Å². The van der Waals surface area contributed by atoms with E-state index >= 15 is 0 Å². The molecular formula is C10H13N3OS. The van der Waals surface area contributed by atoms with E-state index in [1.165, 1.54) is 10.4 Å². The summed E-state index contributed by atoms with van der Waals surface area (Å²) in [7, 11) is 0. The fourth-order valence-electron chi connectivity index (χ4n) is 1.26. The van der Waals surface area contributed by atoms with Gasteiger partial charge in [-0.05, 0) is 32.0 Å². The first-order valence-corrected chi connectivity index (χ1v) is 5.62. The Balaban J connectivity index is 2.28. The second kappa shape index (κ2) is 4.12. The van der Waals surface area contributed by atoms with Crippen LogP contribution in [0.2, 0.25) is 0 Å². The van der Waals surface area contributed by atoms with Crippen LogP contribution in [0.1, 0.15) is 16.3 Å². The van der Waals surface area contributed by atoms with Gasteiger partial charge in [0.05, 0.1) is 4.88 Å². The Labute approximate surface area is 92.1 Å². The first-order valence-electron chi connectivity index (χ1n) is 4.80. The third-order valence-electron chi connectivity index (χ3n) is 2.21. The van der Waals surface area contributed by atoms with Crippen molar-refractivity contribution in [3.63, 3.8) is 0 Å². The molecule has 0 amide bonds. The van der Waals surface area contributed by atoms with E-state index in [0.29, 0.717) is 24.7 Å². The molecule has 0 spiro atoms. The minimum absolute atomic E-state index is 0.543. The van der Waals surface area contributed by atoms with E-state index in [0.717, 1.165) is 4.88 Å². The lowest BCUT2D eigenvalue weighted by Crippen LogP contribution is -2.03. The lowest BCUT2D eigenvalue weighted by atomic mass is 10.3. The zero-order valence-corrected chi connectivity index (χ0v) is 9.60. The highest BCUT2D eigenvalue weighted by atomic mass is 32.1. The van der Waals surface area contributed by atoms with Gasteiger partial charge in [0.2, 0.25) is 0 Å². The van der Waals surface area contributed by atoms with Gasteiger partial charge in [0.1, 0.15) is 0 Å². The molecule has 0 aromatic carbocycles. The van der Waals surface area contributed by atoms with Gasteiger partial charge in [-0.15, -0.1) is 11.3 Å². The van der Waals surface area contributed by atoms with E-state index in [2.05, 4.69) is 30.1 Å². The third kappa shape index (κ3) is 2.08. The molecule has 0 atom stereocenters. The quantitative estimate of drug-likeness (QED) is 0.863. The summed E-state index contributed by atoms with van der Waals surface area (Å²) in [5, 5.41) is 3.86. The topological polar surface area (TPSA) is 64.9 Å². The number of hydrogen-bond acceptors (Lipinski definition) is 5. The van der Waals surface area contributed by atoms with E-state index in [9.17, 15) is 0 Å². The number of aromatic nitrogens is 2. The maximum absolute atomic E-state index is 5.42. The number of hydrogen-bond donors (Lipinski definition) is 1. The molecule has 0 saturated heterocycles. The van der Waals surface area contributed by atoms with Crippen molar-refractivity contribution < 1.29 is 4.52 Å². The van der Waals surface area contributed by atoms with Gasteiger partial charge in [-0.1, -0.05) is 5.16 Å². The summed E-state index contributed by atoms with van der Waals surface area (Å²) in [4.78, 5) is 6.59. The zero-order valence-electron chi connectivity index (χ0n) is 8.78. The highest BCUT2D eigenvalue weighted by Crippen LogP contribution is 2.29. The van der Waals surface area contributed by atoms with Gasteiger partial charge in [-0.25, -0.2) is 0 Å². The number of nitrogens with zero attached hydrogens (tertiary/aromatic N) is 2. The molecule has 2 aromatic heterocycles. The van der Waals surface area contributed by atoms with Crippen LogP contribution in [0, 0.1) is 13.8 Å². The maximum Gasteiger partial charge on any atom is 0.268 e. The van der Waals surface area contributed by atoms with Crippen LogP contribution in [0.4, 0.5) is 0 Å². The summed E-state index contributed by atoms with van der Waals surface area (Å²) in [6.07, 6.45) is 0.660. The van der Waals surface area contributed by atoms with Crippen molar-refractivity contribution >= 4 is 11.3 Å². The van der Waals surface area contributed by atoms with Crippen LogP contribution < -0.4 is 5.73 Å². The predicted molar refractivity (Wildman–Crippen MR) is 59.8 cm³/mol. The highest BCUT2D eigenvalue weighted by molar-refractivity contribution is 7.15. The normalized spacial score (nSPS) is 10.9. The molecule has 2 rings (SSSR count). The van der Waals surface area contributed by atoms with Crippen molar-refractivity contribution in [3.05, 3.63) is 22.3 Å². The minimum atomic E-state index is 0.543. The lowest BCUT2D eigenvalue weighted by Gasteiger charge is -1.84. The number of nitrogens with two attached hydrogens (primary N) is 1. The molecule has 0 radical (unpaired) electrons. The summed E-state index contributed by atoms with van der Waals surface area (Å²) in [6, 6.07) is 2.07. The molecule has 2 heterocycles. The fraction of sp³-hybridized carbons (Fsp3) is 0.400. The molecule has 4 nitrogen and oxygen atoms in total. The minimum Gasteiger partial charge on any atom is -0.333 e. The number of thiophene rings is 1. The van der Waals surface area contributed by atoms with Gasteiger partial charge in [-0.2, -0.15) is 4.98 Å². The van der Waals surface area contributed by atoms with E-state index in [1.54, 1.807) is 11.3 Å². The summed E-state index contributed by atoms with van der Waals surface area (Å²) < 4.78 is 5.17. The molecule has 0 bridgehead atoms. The van der Waals surface area contributed by atoms with Crippen LogP contribution >= 0.6 is 11.3 Å². The molecule has 0 aliphatic rings. The fourth-order valence-corrected chi connectivity index (χ4v) is 2.22. The smallest absolute Gasteiger partial charge is 0.268 e. The van der Waals surface area contributed by atoms with Gasteiger partial charge in [0, 0.05) is 11.3 Å². The van der Waals surface area contributed by atoms with Gasteiger partial charge in [-0.3, -0.25) is 0 Å². The Morgan fingerprint density at radius 2 is 2.27 bits per heavy atom. The Bertz CT molecular complexity index is 441. The average molecular weight is 223 g/mol. The van der Waals surface area contributed by atoms with Gasteiger partial charge >= 0.3 is 0 Å². The van der Waals surface area contributed by atoms with Gasteiger partial charge in [0.15, 0.2) is 5.82 Å². The van der Waals surface area contributed by atoms with Crippen LogP contribution in [0.25, 0.3) is 10.8 Å². The SMILES string of the molecule is Cc1cc(-c2nc(CCN)no2)sc1C. The van der Waals surface area contributed by atoms with E-state index in [1.807, 2.05) is 0 Å². The molecule has 0 unspecified atom stereocenters. The average Bonchev–Trinajstić information content (AvgIpc) is 2.76. The van der Waals surface area contributed by atoms with E-state index in [4.69, 9.17) is 10.3 Å². The molecular weight excluding hydrogens is 210 g/mol. The standard InChI is InChI=1S/C10H13N3OS/c1-6-5-8(15-7(6)2)10-12-9(3-4-11)13-14-10/h5H,3-4,11H2,1-2H3. The third-order valence-corrected chi connectivity index (χ3v) is 3.35. The second-order valence-corrected chi connectivity index (χ2v) is 4.66. The van der Waals surface area contributed by atoms with Crippen molar-refractivity contribution in [1.29, 1.82) is 0 Å². The second-order valence-electron chi connectivity index (χ2n) is 3.40. The number of rotatable bonds is 3. The first kappa shape index (κ1) is 10.3. The molecule has 15 heavy (non-hydrogen) atoms. The van der Waals surface area contributed by atoms with Crippen molar-refractivity contribution in [1.82, 2.24) is 10.1 Å². The van der Waals surface area contributed by atoms with Crippen LogP contribution in [0.5, 0.6) is 0 Å². The van der Waals surface area contributed by atoms with Crippen molar-refractivity contribution in [2.45, 2.75) is 20.3 Å². The van der Waals surface area contributed by atoms with Crippen molar-refractivity contribution in [2.24, 2.45) is 5.73 Å². The van der Waals surface area contributed by atoms with E-state index in [-0.39, 0.29) is 0 Å². The predicted octanol–water partition coefficient (Wildman–Crippen LogP) is 1.92. The molecule has 80 valence electrons. The number of aryl methyl sites for hydroxylation is 2. The van der Waals surface area contributed by atoms with Gasteiger partial charge < -0.3 is 10.3 Å².